The van der Waals surface area contributed by atoms with Gasteiger partial charge in [0.25, 0.3) is 0 Å². The standard InChI is InChI=1S/C16H26N4O.ClH/c1-13(14-5-2-3-6-14)19-15(21)16(7-10-17-11-8-16)20-12-4-9-18-20;/h4,9,12-14,17H,2-3,5-8,10-11H2,1H3,(H,19,21);1H. The highest BCUT2D eigenvalue weighted by Gasteiger charge is 2.42. The van der Waals surface area contributed by atoms with Gasteiger partial charge in [0, 0.05) is 18.4 Å². The molecular weight excluding hydrogens is 300 g/mol. The summed E-state index contributed by atoms with van der Waals surface area (Å²) in [6, 6.07) is 2.17. The Labute approximate surface area is 138 Å². The highest BCUT2D eigenvalue weighted by molar-refractivity contribution is 5.85. The summed E-state index contributed by atoms with van der Waals surface area (Å²) >= 11 is 0. The molecule has 1 saturated heterocycles. The molecule has 1 saturated carbocycles. The Kier molecular flexibility index (Phi) is 5.87. The van der Waals surface area contributed by atoms with Crippen molar-refractivity contribution in [2.24, 2.45) is 5.92 Å². The van der Waals surface area contributed by atoms with Gasteiger partial charge < -0.3 is 10.6 Å². The Morgan fingerprint density at radius 1 is 1.36 bits per heavy atom. The molecule has 124 valence electrons. The Morgan fingerprint density at radius 2 is 2.05 bits per heavy atom. The molecule has 1 unspecified atom stereocenters. The Balaban J connectivity index is 0.00000176. The van der Waals surface area contributed by atoms with E-state index in [1.807, 2.05) is 16.9 Å². The largest absolute Gasteiger partial charge is 0.351 e. The lowest BCUT2D eigenvalue weighted by atomic mass is 9.86. The van der Waals surface area contributed by atoms with Gasteiger partial charge in [-0.2, -0.15) is 5.10 Å². The molecule has 1 atom stereocenters. The normalized spacial score (nSPS) is 22.8. The first-order valence-electron chi connectivity index (χ1n) is 8.24. The maximum Gasteiger partial charge on any atom is 0.248 e. The molecule has 5 nitrogen and oxygen atoms in total. The van der Waals surface area contributed by atoms with E-state index >= 15 is 0 Å². The minimum Gasteiger partial charge on any atom is -0.351 e. The first-order chi connectivity index (χ1) is 10.2. The van der Waals surface area contributed by atoms with Crippen molar-refractivity contribution >= 4 is 18.3 Å². The van der Waals surface area contributed by atoms with Crippen LogP contribution in [0.1, 0.15) is 45.4 Å². The van der Waals surface area contributed by atoms with Crippen molar-refractivity contribution in [3.05, 3.63) is 18.5 Å². The fraction of sp³-hybridized carbons (Fsp3) is 0.750. The highest BCUT2D eigenvalue weighted by Crippen LogP contribution is 2.30. The van der Waals surface area contributed by atoms with E-state index < -0.39 is 5.54 Å². The molecule has 2 aliphatic rings. The van der Waals surface area contributed by atoms with E-state index in [1.165, 1.54) is 25.7 Å². The second-order valence-electron chi connectivity index (χ2n) is 6.54. The maximum atomic E-state index is 13.0. The number of rotatable bonds is 4. The third-order valence-corrected chi connectivity index (χ3v) is 5.26. The molecule has 0 spiro atoms. The summed E-state index contributed by atoms with van der Waals surface area (Å²) in [5, 5.41) is 11.0. The summed E-state index contributed by atoms with van der Waals surface area (Å²) in [7, 11) is 0. The molecule has 2 fully saturated rings. The van der Waals surface area contributed by atoms with E-state index in [0.717, 1.165) is 25.9 Å². The number of hydrogen-bond acceptors (Lipinski definition) is 3. The molecule has 1 aromatic heterocycles. The van der Waals surface area contributed by atoms with Gasteiger partial charge in [0.2, 0.25) is 5.91 Å². The van der Waals surface area contributed by atoms with Crippen LogP contribution in [0.15, 0.2) is 18.5 Å². The minimum atomic E-state index is -0.512. The van der Waals surface area contributed by atoms with Gasteiger partial charge in [-0.3, -0.25) is 9.48 Å². The zero-order valence-electron chi connectivity index (χ0n) is 13.3. The fourth-order valence-corrected chi connectivity index (χ4v) is 3.84. The van der Waals surface area contributed by atoms with Gasteiger partial charge in [0.15, 0.2) is 0 Å². The van der Waals surface area contributed by atoms with Crippen molar-refractivity contribution in [2.75, 3.05) is 13.1 Å². The highest BCUT2D eigenvalue weighted by atomic mass is 35.5. The molecule has 2 N–H and O–H groups in total. The summed E-state index contributed by atoms with van der Waals surface area (Å²) in [6.45, 7) is 3.89. The van der Waals surface area contributed by atoms with Crippen LogP contribution in [-0.4, -0.2) is 34.8 Å². The van der Waals surface area contributed by atoms with Crippen LogP contribution in [0.4, 0.5) is 0 Å². The zero-order valence-corrected chi connectivity index (χ0v) is 14.1. The Hall–Kier alpha value is -1.07. The average Bonchev–Trinajstić information content (AvgIpc) is 3.21. The van der Waals surface area contributed by atoms with Crippen LogP contribution in [0.25, 0.3) is 0 Å². The minimum absolute atomic E-state index is 0. The molecular formula is C16H27ClN4O. The second-order valence-corrected chi connectivity index (χ2v) is 6.54. The predicted octanol–water partition coefficient (Wildman–Crippen LogP) is 2.08. The van der Waals surface area contributed by atoms with Crippen LogP contribution in [0, 0.1) is 5.92 Å². The summed E-state index contributed by atoms with van der Waals surface area (Å²) in [4.78, 5) is 13.0. The van der Waals surface area contributed by atoms with Crippen LogP contribution < -0.4 is 10.6 Å². The number of carbonyl (C=O) groups excluding carboxylic acids is 1. The molecule has 2 heterocycles. The van der Waals surface area contributed by atoms with E-state index in [4.69, 9.17) is 0 Å². The number of hydrogen-bond donors (Lipinski definition) is 2. The lowest BCUT2D eigenvalue weighted by Crippen LogP contribution is -2.56. The SMILES string of the molecule is CC(NC(=O)C1(n2cccn2)CCNCC1)C1CCCC1.Cl. The van der Waals surface area contributed by atoms with Crippen LogP contribution in [0.5, 0.6) is 0 Å². The van der Waals surface area contributed by atoms with Gasteiger partial charge in [0.05, 0.1) is 0 Å². The molecule has 1 aliphatic heterocycles. The van der Waals surface area contributed by atoms with Crippen LogP contribution in [-0.2, 0) is 10.3 Å². The second kappa shape index (κ2) is 7.47. The first-order valence-corrected chi connectivity index (χ1v) is 8.24. The number of piperidine rings is 1. The topological polar surface area (TPSA) is 59.0 Å². The number of halogens is 1. The summed E-state index contributed by atoms with van der Waals surface area (Å²) in [5.74, 6) is 0.789. The molecule has 6 heteroatoms. The molecule has 1 aromatic rings. The monoisotopic (exact) mass is 326 g/mol. The van der Waals surface area contributed by atoms with E-state index in [1.54, 1.807) is 6.20 Å². The molecule has 1 amide bonds. The van der Waals surface area contributed by atoms with Crippen molar-refractivity contribution in [2.45, 2.75) is 57.0 Å². The number of amides is 1. The van der Waals surface area contributed by atoms with E-state index in [0.29, 0.717) is 5.92 Å². The van der Waals surface area contributed by atoms with Crippen LogP contribution in [0.3, 0.4) is 0 Å². The number of aromatic nitrogens is 2. The molecule has 0 radical (unpaired) electrons. The lowest BCUT2D eigenvalue weighted by Gasteiger charge is -2.37. The quantitative estimate of drug-likeness (QED) is 0.890. The van der Waals surface area contributed by atoms with Crippen molar-refractivity contribution in [1.82, 2.24) is 20.4 Å². The fourth-order valence-electron chi connectivity index (χ4n) is 3.84. The molecule has 1 aliphatic carbocycles. The summed E-state index contributed by atoms with van der Waals surface area (Å²) in [6.07, 6.45) is 10.4. The third kappa shape index (κ3) is 3.30. The van der Waals surface area contributed by atoms with Crippen LogP contribution >= 0.6 is 12.4 Å². The van der Waals surface area contributed by atoms with Gasteiger partial charge in [-0.1, -0.05) is 12.8 Å². The zero-order chi connectivity index (χ0) is 14.7. The van der Waals surface area contributed by atoms with Gasteiger partial charge in [-0.25, -0.2) is 0 Å². The smallest absolute Gasteiger partial charge is 0.248 e. The maximum absolute atomic E-state index is 13.0. The number of carbonyl (C=O) groups is 1. The number of nitrogens with zero attached hydrogens (tertiary/aromatic N) is 2. The molecule has 0 bridgehead atoms. The predicted molar refractivity (Wildman–Crippen MR) is 89.1 cm³/mol. The molecule has 3 rings (SSSR count). The van der Waals surface area contributed by atoms with Crippen molar-refractivity contribution in [3.63, 3.8) is 0 Å². The van der Waals surface area contributed by atoms with Gasteiger partial charge >= 0.3 is 0 Å². The molecule has 0 aromatic carbocycles. The van der Waals surface area contributed by atoms with Crippen molar-refractivity contribution in [3.8, 4) is 0 Å². The van der Waals surface area contributed by atoms with Gasteiger partial charge in [0.1, 0.15) is 5.54 Å². The Morgan fingerprint density at radius 3 is 2.64 bits per heavy atom. The average molecular weight is 327 g/mol. The van der Waals surface area contributed by atoms with Gasteiger partial charge in [-0.15, -0.1) is 12.4 Å². The van der Waals surface area contributed by atoms with Crippen molar-refractivity contribution in [1.29, 1.82) is 0 Å². The summed E-state index contributed by atoms with van der Waals surface area (Å²) < 4.78 is 1.87. The van der Waals surface area contributed by atoms with Crippen molar-refractivity contribution < 1.29 is 4.79 Å². The van der Waals surface area contributed by atoms with Gasteiger partial charge in [-0.05, 0) is 57.7 Å². The lowest BCUT2D eigenvalue weighted by molar-refractivity contribution is -0.133. The molecule has 22 heavy (non-hydrogen) atoms. The van der Waals surface area contributed by atoms with E-state index in [-0.39, 0.29) is 24.4 Å². The van der Waals surface area contributed by atoms with E-state index in [2.05, 4.69) is 22.7 Å². The summed E-state index contributed by atoms with van der Waals surface area (Å²) in [5.41, 5.74) is -0.512. The van der Waals surface area contributed by atoms with Crippen LogP contribution in [0.2, 0.25) is 0 Å². The first kappa shape index (κ1) is 17.3. The number of nitrogens with one attached hydrogen (secondary N) is 2. The Bertz CT molecular complexity index is 465. The van der Waals surface area contributed by atoms with E-state index in [9.17, 15) is 4.79 Å². The third-order valence-electron chi connectivity index (χ3n) is 5.26.